The number of rotatable bonds is 5. The summed E-state index contributed by atoms with van der Waals surface area (Å²) < 4.78 is 31.6. The normalized spacial score (nSPS) is 16.3. The topological polar surface area (TPSA) is 95.5 Å². The number of sulfonamides is 1. The van der Waals surface area contributed by atoms with Gasteiger partial charge in [-0.25, -0.2) is 13.4 Å². The Morgan fingerprint density at radius 2 is 1.97 bits per heavy atom. The molecular formula is C22H22ClN5O3S2. The van der Waals surface area contributed by atoms with Gasteiger partial charge in [0.05, 0.1) is 4.90 Å². The van der Waals surface area contributed by atoms with Crippen LogP contribution in [0.4, 0.5) is 10.8 Å². The molecule has 1 amide bonds. The number of aryl methyl sites for hydroxylation is 1. The molecule has 0 saturated carbocycles. The summed E-state index contributed by atoms with van der Waals surface area (Å²) in [5.41, 5.74) is 4.01. The first-order valence-corrected chi connectivity index (χ1v) is 13.2. The van der Waals surface area contributed by atoms with E-state index in [2.05, 4.69) is 19.0 Å². The molecule has 5 rings (SSSR count). The lowest BCUT2D eigenvalue weighted by Crippen LogP contribution is -2.47. The SMILES string of the molecule is CC(C(=O)N1Cc2ccc(S(=O)(=O)Nc3ncns3)cc2C1)N1CCCc2cc(Cl)ccc21. The Balaban J connectivity index is 1.33. The number of hydrogen-bond acceptors (Lipinski definition) is 7. The molecule has 1 aromatic heterocycles. The molecule has 0 fully saturated rings. The zero-order valence-corrected chi connectivity index (χ0v) is 20.3. The van der Waals surface area contributed by atoms with Gasteiger partial charge in [0.15, 0.2) is 0 Å². The van der Waals surface area contributed by atoms with Gasteiger partial charge in [-0.15, -0.1) is 0 Å². The Hall–Kier alpha value is -2.69. The quantitative estimate of drug-likeness (QED) is 0.570. The largest absolute Gasteiger partial charge is 0.360 e. The van der Waals surface area contributed by atoms with Crippen LogP contribution in [0.25, 0.3) is 0 Å². The average molecular weight is 504 g/mol. The van der Waals surface area contributed by atoms with Crippen molar-refractivity contribution in [3.05, 3.63) is 64.4 Å². The van der Waals surface area contributed by atoms with Crippen LogP contribution in [0.1, 0.15) is 30.0 Å². The first-order chi connectivity index (χ1) is 15.8. The summed E-state index contributed by atoms with van der Waals surface area (Å²) in [5, 5.41) is 0.917. The molecule has 3 heterocycles. The second-order valence-electron chi connectivity index (χ2n) is 8.22. The van der Waals surface area contributed by atoms with Crippen molar-refractivity contribution in [3.63, 3.8) is 0 Å². The Kier molecular flexibility index (Phi) is 5.75. The molecular weight excluding hydrogens is 482 g/mol. The summed E-state index contributed by atoms with van der Waals surface area (Å²) in [6.45, 7) is 3.57. The molecule has 0 bridgehead atoms. The molecule has 0 spiro atoms. The molecule has 2 aliphatic rings. The van der Waals surface area contributed by atoms with Crippen molar-refractivity contribution in [1.29, 1.82) is 0 Å². The summed E-state index contributed by atoms with van der Waals surface area (Å²) in [7, 11) is -3.78. The number of fused-ring (bicyclic) bond motifs is 2. The lowest BCUT2D eigenvalue weighted by molar-refractivity contribution is -0.132. The Morgan fingerprint density at radius 1 is 1.15 bits per heavy atom. The average Bonchev–Trinajstić information content (AvgIpc) is 3.46. The lowest BCUT2D eigenvalue weighted by atomic mass is 10.00. The van der Waals surface area contributed by atoms with Gasteiger partial charge in [-0.05, 0) is 66.8 Å². The number of carbonyl (C=O) groups is 1. The number of anilines is 2. The smallest absolute Gasteiger partial charge is 0.263 e. The van der Waals surface area contributed by atoms with Crippen molar-refractivity contribution in [1.82, 2.24) is 14.3 Å². The maximum absolute atomic E-state index is 13.4. The Bertz CT molecular complexity index is 1310. The van der Waals surface area contributed by atoms with Gasteiger partial charge in [0.25, 0.3) is 10.0 Å². The minimum atomic E-state index is -3.78. The van der Waals surface area contributed by atoms with Gasteiger partial charge in [0, 0.05) is 41.9 Å². The minimum Gasteiger partial charge on any atom is -0.360 e. The summed E-state index contributed by atoms with van der Waals surface area (Å²) in [4.78, 5) is 21.3. The number of hydrogen-bond donors (Lipinski definition) is 1. The van der Waals surface area contributed by atoms with Gasteiger partial charge in [0.2, 0.25) is 11.0 Å². The monoisotopic (exact) mass is 503 g/mol. The predicted octanol–water partition coefficient (Wildman–Crippen LogP) is 3.68. The fourth-order valence-corrected chi connectivity index (χ4v) is 6.39. The summed E-state index contributed by atoms with van der Waals surface area (Å²) >= 11 is 7.13. The number of nitrogens with one attached hydrogen (secondary N) is 1. The third-order valence-electron chi connectivity index (χ3n) is 6.13. The number of amides is 1. The van der Waals surface area contributed by atoms with Crippen molar-refractivity contribution >= 4 is 49.9 Å². The third kappa shape index (κ3) is 4.30. The second kappa shape index (κ2) is 8.58. The second-order valence-corrected chi connectivity index (χ2v) is 11.1. The number of aromatic nitrogens is 2. The number of halogens is 1. The van der Waals surface area contributed by atoms with E-state index in [0.717, 1.165) is 53.3 Å². The van der Waals surface area contributed by atoms with E-state index >= 15 is 0 Å². The van der Waals surface area contributed by atoms with Gasteiger partial charge < -0.3 is 9.80 Å². The Morgan fingerprint density at radius 3 is 2.76 bits per heavy atom. The standard InChI is InChI=1S/C22H22ClN5O3S2/c1-14(28-8-2-3-15-9-18(23)5-7-20(15)28)21(29)27-11-16-4-6-19(10-17(16)12-27)33(30,31)26-22-24-13-25-32-22/h4-7,9-10,13-14H,2-3,8,11-12H2,1H3,(H,24,25,26). The molecule has 8 nitrogen and oxygen atoms in total. The number of nitrogens with zero attached hydrogens (tertiary/aromatic N) is 4. The molecule has 0 saturated heterocycles. The summed E-state index contributed by atoms with van der Waals surface area (Å²) in [6, 6.07) is 10.5. The summed E-state index contributed by atoms with van der Waals surface area (Å²) in [5.74, 6) is 0.0189. The highest BCUT2D eigenvalue weighted by molar-refractivity contribution is 7.93. The van der Waals surface area contributed by atoms with Crippen molar-refractivity contribution in [2.24, 2.45) is 0 Å². The van der Waals surface area contributed by atoms with E-state index in [1.165, 1.54) is 6.33 Å². The van der Waals surface area contributed by atoms with Crippen molar-refractivity contribution < 1.29 is 13.2 Å². The highest BCUT2D eigenvalue weighted by Crippen LogP contribution is 2.33. The van der Waals surface area contributed by atoms with Crippen LogP contribution in [-0.4, -0.2) is 41.2 Å². The Labute approximate surface area is 201 Å². The van der Waals surface area contributed by atoms with Crippen LogP contribution in [0.3, 0.4) is 0 Å². The molecule has 11 heteroatoms. The zero-order chi connectivity index (χ0) is 23.2. The molecule has 1 atom stereocenters. The molecule has 3 aromatic rings. The molecule has 172 valence electrons. The van der Waals surface area contributed by atoms with E-state index in [1.54, 1.807) is 23.1 Å². The van der Waals surface area contributed by atoms with E-state index in [0.29, 0.717) is 18.1 Å². The van der Waals surface area contributed by atoms with Crippen LogP contribution in [0.15, 0.2) is 47.6 Å². The fourth-order valence-electron chi connectivity index (χ4n) is 4.48. The van der Waals surface area contributed by atoms with Crippen LogP contribution in [0, 0.1) is 0 Å². The predicted molar refractivity (Wildman–Crippen MR) is 128 cm³/mol. The molecule has 0 aliphatic carbocycles. The van der Waals surface area contributed by atoms with E-state index in [-0.39, 0.29) is 22.0 Å². The maximum Gasteiger partial charge on any atom is 0.263 e. The third-order valence-corrected chi connectivity index (χ3v) is 8.41. The van der Waals surface area contributed by atoms with Crippen LogP contribution >= 0.6 is 23.1 Å². The zero-order valence-electron chi connectivity index (χ0n) is 17.9. The highest BCUT2D eigenvalue weighted by atomic mass is 35.5. The van der Waals surface area contributed by atoms with Gasteiger partial charge >= 0.3 is 0 Å². The number of benzene rings is 2. The molecule has 2 aromatic carbocycles. The van der Waals surface area contributed by atoms with Crippen LogP contribution in [-0.2, 0) is 34.3 Å². The van der Waals surface area contributed by atoms with Gasteiger partial charge in [-0.2, -0.15) is 4.37 Å². The maximum atomic E-state index is 13.4. The van der Waals surface area contributed by atoms with Gasteiger partial charge in [-0.1, -0.05) is 17.7 Å². The highest BCUT2D eigenvalue weighted by Gasteiger charge is 2.32. The first-order valence-electron chi connectivity index (χ1n) is 10.6. The number of carbonyl (C=O) groups excluding carboxylic acids is 1. The molecule has 2 aliphatic heterocycles. The van der Waals surface area contributed by atoms with Crippen LogP contribution in [0.2, 0.25) is 5.02 Å². The van der Waals surface area contributed by atoms with Crippen LogP contribution in [0.5, 0.6) is 0 Å². The molecule has 1 unspecified atom stereocenters. The summed E-state index contributed by atoms with van der Waals surface area (Å²) in [6.07, 6.45) is 3.21. The minimum absolute atomic E-state index is 0.0189. The fraction of sp³-hybridized carbons (Fsp3) is 0.318. The van der Waals surface area contributed by atoms with Crippen molar-refractivity contribution in [2.45, 2.75) is 43.8 Å². The van der Waals surface area contributed by atoms with Gasteiger partial charge in [0.1, 0.15) is 12.4 Å². The van der Waals surface area contributed by atoms with Crippen molar-refractivity contribution in [2.75, 3.05) is 16.2 Å². The molecule has 0 radical (unpaired) electrons. The molecule has 1 N–H and O–H groups in total. The van der Waals surface area contributed by atoms with E-state index in [1.807, 2.05) is 25.1 Å². The van der Waals surface area contributed by atoms with Crippen molar-refractivity contribution in [3.8, 4) is 0 Å². The van der Waals surface area contributed by atoms with E-state index in [9.17, 15) is 13.2 Å². The van der Waals surface area contributed by atoms with Crippen LogP contribution < -0.4 is 9.62 Å². The van der Waals surface area contributed by atoms with E-state index in [4.69, 9.17) is 11.6 Å². The lowest BCUT2D eigenvalue weighted by Gasteiger charge is -2.37. The van der Waals surface area contributed by atoms with E-state index < -0.39 is 10.0 Å². The first kappa shape index (κ1) is 22.1. The molecule has 33 heavy (non-hydrogen) atoms. The van der Waals surface area contributed by atoms with Gasteiger partial charge in [-0.3, -0.25) is 9.52 Å².